The van der Waals surface area contributed by atoms with Crippen molar-refractivity contribution in [3.05, 3.63) is 34.9 Å². The molecule has 1 nitrogen and oxygen atoms in total. The first kappa shape index (κ1) is 13.5. The van der Waals surface area contributed by atoms with Gasteiger partial charge >= 0.3 is 0 Å². The molecule has 1 aromatic carbocycles. The summed E-state index contributed by atoms with van der Waals surface area (Å²) in [5.41, 5.74) is 1.98. The third-order valence-corrected chi connectivity index (χ3v) is 5.47. The first-order valence-corrected chi connectivity index (χ1v) is 8.14. The lowest BCUT2D eigenvalue weighted by Gasteiger charge is -2.45. The van der Waals surface area contributed by atoms with Crippen LogP contribution < -0.4 is 5.32 Å². The molecule has 1 saturated carbocycles. The molecule has 2 aliphatic rings. The fourth-order valence-corrected chi connectivity index (χ4v) is 4.40. The largest absolute Gasteiger partial charge is 0.316 e. The third kappa shape index (κ3) is 2.83. The van der Waals surface area contributed by atoms with E-state index >= 15 is 0 Å². The van der Waals surface area contributed by atoms with Crippen molar-refractivity contribution >= 4 is 11.6 Å². The second kappa shape index (κ2) is 5.85. The molecular formula is C17H24ClN. The minimum atomic E-state index is 0.534. The molecule has 3 rings (SSSR count). The normalized spacial score (nSPS) is 27.1. The third-order valence-electron chi connectivity index (χ3n) is 5.24. The van der Waals surface area contributed by atoms with E-state index < -0.39 is 0 Å². The maximum Gasteiger partial charge on any atom is 0.0408 e. The molecule has 1 unspecified atom stereocenters. The van der Waals surface area contributed by atoms with Gasteiger partial charge in [0.05, 0.1) is 0 Å². The van der Waals surface area contributed by atoms with E-state index in [-0.39, 0.29) is 0 Å². The van der Waals surface area contributed by atoms with Crippen LogP contribution in [0.25, 0.3) is 0 Å². The van der Waals surface area contributed by atoms with Crippen molar-refractivity contribution in [2.24, 2.45) is 5.41 Å². The molecule has 1 N–H and O–H groups in total. The molecule has 1 saturated heterocycles. The standard InChI is InChI=1S/C17H24ClN/c18-15-7-5-6-14(12-15)16-13-19-11-10-17(16)8-3-1-2-4-9-17/h5-7,12,16,19H,1-4,8-11,13H2. The van der Waals surface area contributed by atoms with Crippen molar-refractivity contribution in [3.8, 4) is 0 Å². The molecule has 2 fully saturated rings. The molecule has 1 aliphatic carbocycles. The highest BCUT2D eigenvalue weighted by molar-refractivity contribution is 6.30. The Morgan fingerprint density at radius 2 is 1.84 bits per heavy atom. The van der Waals surface area contributed by atoms with Crippen LogP contribution in [0.15, 0.2) is 24.3 Å². The number of hydrogen-bond donors (Lipinski definition) is 1. The Kier molecular flexibility index (Phi) is 4.14. The molecule has 1 heterocycles. The number of hydrogen-bond acceptors (Lipinski definition) is 1. The van der Waals surface area contributed by atoms with Gasteiger partial charge in [0.25, 0.3) is 0 Å². The van der Waals surface area contributed by atoms with Gasteiger partial charge in [-0.1, -0.05) is 49.4 Å². The Balaban J connectivity index is 1.91. The molecule has 1 aromatic rings. The highest BCUT2D eigenvalue weighted by Crippen LogP contribution is 2.50. The van der Waals surface area contributed by atoms with Crippen LogP contribution in [0, 0.1) is 5.41 Å². The summed E-state index contributed by atoms with van der Waals surface area (Å²) in [4.78, 5) is 0. The minimum absolute atomic E-state index is 0.534. The second-order valence-corrected chi connectivity index (χ2v) is 6.77. The molecule has 0 radical (unpaired) electrons. The summed E-state index contributed by atoms with van der Waals surface area (Å²) in [5.74, 6) is 0.651. The molecule has 2 heteroatoms. The first-order valence-electron chi connectivity index (χ1n) is 7.76. The van der Waals surface area contributed by atoms with Crippen molar-refractivity contribution in [2.45, 2.75) is 50.9 Å². The average Bonchev–Trinajstić information content (AvgIpc) is 2.66. The maximum absolute atomic E-state index is 6.20. The predicted octanol–water partition coefficient (Wildman–Crippen LogP) is 4.76. The highest BCUT2D eigenvalue weighted by atomic mass is 35.5. The average molecular weight is 278 g/mol. The number of benzene rings is 1. The van der Waals surface area contributed by atoms with E-state index in [1.54, 1.807) is 0 Å². The molecule has 1 spiro atoms. The van der Waals surface area contributed by atoms with Crippen LogP contribution >= 0.6 is 11.6 Å². The van der Waals surface area contributed by atoms with Gasteiger partial charge in [-0.25, -0.2) is 0 Å². The summed E-state index contributed by atoms with van der Waals surface area (Å²) in [5, 5.41) is 4.48. The second-order valence-electron chi connectivity index (χ2n) is 6.34. The highest BCUT2D eigenvalue weighted by Gasteiger charge is 2.41. The van der Waals surface area contributed by atoms with E-state index in [0.29, 0.717) is 11.3 Å². The number of nitrogens with one attached hydrogen (secondary N) is 1. The molecule has 1 atom stereocenters. The number of rotatable bonds is 1. The Morgan fingerprint density at radius 3 is 2.58 bits per heavy atom. The summed E-state index contributed by atoms with van der Waals surface area (Å²) >= 11 is 6.20. The van der Waals surface area contributed by atoms with Gasteiger partial charge in [0.15, 0.2) is 0 Å². The monoisotopic (exact) mass is 277 g/mol. The van der Waals surface area contributed by atoms with Crippen LogP contribution in [-0.4, -0.2) is 13.1 Å². The summed E-state index contributed by atoms with van der Waals surface area (Å²) in [7, 11) is 0. The van der Waals surface area contributed by atoms with Gasteiger partial charge in [-0.05, 0) is 48.9 Å². The van der Waals surface area contributed by atoms with Crippen molar-refractivity contribution in [1.82, 2.24) is 5.32 Å². The van der Waals surface area contributed by atoms with Gasteiger partial charge in [0, 0.05) is 17.5 Å². The van der Waals surface area contributed by atoms with E-state index in [1.165, 1.54) is 57.1 Å². The summed E-state index contributed by atoms with van der Waals surface area (Å²) in [6.07, 6.45) is 9.84. The Labute approximate surface area is 121 Å². The zero-order chi connectivity index (χ0) is 13.1. The van der Waals surface area contributed by atoms with Gasteiger partial charge in [0.1, 0.15) is 0 Å². The molecule has 0 amide bonds. The van der Waals surface area contributed by atoms with Gasteiger partial charge in [-0.2, -0.15) is 0 Å². The Bertz CT molecular complexity index is 421. The zero-order valence-corrected chi connectivity index (χ0v) is 12.4. The minimum Gasteiger partial charge on any atom is -0.316 e. The maximum atomic E-state index is 6.20. The fraction of sp³-hybridized carbons (Fsp3) is 0.647. The summed E-state index contributed by atoms with van der Waals surface area (Å²) < 4.78 is 0. The number of piperidine rings is 1. The predicted molar refractivity (Wildman–Crippen MR) is 81.8 cm³/mol. The van der Waals surface area contributed by atoms with Crippen LogP contribution in [0.3, 0.4) is 0 Å². The van der Waals surface area contributed by atoms with E-state index in [2.05, 4.69) is 23.5 Å². The molecule has 1 aliphatic heterocycles. The first-order chi connectivity index (χ1) is 9.30. The van der Waals surface area contributed by atoms with Crippen LogP contribution in [0.4, 0.5) is 0 Å². The van der Waals surface area contributed by atoms with Crippen LogP contribution in [0.5, 0.6) is 0 Å². The Morgan fingerprint density at radius 1 is 1.05 bits per heavy atom. The number of halogens is 1. The lowest BCUT2D eigenvalue weighted by molar-refractivity contribution is 0.136. The van der Waals surface area contributed by atoms with E-state index in [0.717, 1.165) is 11.6 Å². The quantitative estimate of drug-likeness (QED) is 0.781. The SMILES string of the molecule is Clc1cccc(C2CNCCC23CCCCCC3)c1. The van der Waals surface area contributed by atoms with Gasteiger partial charge in [-0.15, -0.1) is 0 Å². The van der Waals surface area contributed by atoms with Crippen LogP contribution in [-0.2, 0) is 0 Å². The lowest BCUT2D eigenvalue weighted by Crippen LogP contribution is -2.43. The van der Waals surface area contributed by atoms with Gasteiger partial charge in [0.2, 0.25) is 0 Å². The summed E-state index contributed by atoms with van der Waals surface area (Å²) in [6.45, 7) is 2.32. The van der Waals surface area contributed by atoms with Crippen LogP contribution in [0.1, 0.15) is 56.4 Å². The van der Waals surface area contributed by atoms with Gasteiger partial charge < -0.3 is 5.32 Å². The molecule has 104 valence electrons. The van der Waals surface area contributed by atoms with Crippen LogP contribution in [0.2, 0.25) is 5.02 Å². The molecule has 0 bridgehead atoms. The summed E-state index contributed by atoms with van der Waals surface area (Å²) in [6, 6.07) is 8.56. The van der Waals surface area contributed by atoms with E-state index in [1.807, 2.05) is 6.07 Å². The van der Waals surface area contributed by atoms with Crippen molar-refractivity contribution in [1.29, 1.82) is 0 Å². The van der Waals surface area contributed by atoms with E-state index in [4.69, 9.17) is 11.6 Å². The molecular weight excluding hydrogens is 254 g/mol. The lowest BCUT2D eigenvalue weighted by atomic mass is 9.64. The Hall–Kier alpha value is -0.530. The molecule has 0 aromatic heterocycles. The van der Waals surface area contributed by atoms with Crippen molar-refractivity contribution in [3.63, 3.8) is 0 Å². The smallest absolute Gasteiger partial charge is 0.0408 e. The molecule has 19 heavy (non-hydrogen) atoms. The zero-order valence-electron chi connectivity index (χ0n) is 11.6. The van der Waals surface area contributed by atoms with Crippen molar-refractivity contribution in [2.75, 3.05) is 13.1 Å². The topological polar surface area (TPSA) is 12.0 Å². The van der Waals surface area contributed by atoms with Gasteiger partial charge in [-0.3, -0.25) is 0 Å². The van der Waals surface area contributed by atoms with Crippen molar-refractivity contribution < 1.29 is 0 Å². The van der Waals surface area contributed by atoms with E-state index in [9.17, 15) is 0 Å². The fourth-order valence-electron chi connectivity index (χ4n) is 4.20.